The van der Waals surface area contributed by atoms with Gasteiger partial charge in [0.05, 0.1) is 12.7 Å². The molecule has 2 N–H and O–H groups in total. The third-order valence-corrected chi connectivity index (χ3v) is 4.36. The van der Waals surface area contributed by atoms with E-state index in [2.05, 4.69) is 4.74 Å². The van der Waals surface area contributed by atoms with E-state index in [1.54, 1.807) is 0 Å². The molecule has 0 radical (unpaired) electrons. The average Bonchev–Trinajstić information content (AvgIpc) is 2.73. The number of rotatable bonds is 9. The molecule has 0 aliphatic rings. The molecule has 2 rings (SSSR count). The van der Waals surface area contributed by atoms with Crippen LogP contribution in [0.4, 0.5) is 14.6 Å². The number of nitrogens with two attached hydrogens (primary N) is 1. The van der Waals surface area contributed by atoms with Crippen molar-refractivity contribution in [1.29, 1.82) is 0 Å². The van der Waals surface area contributed by atoms with Crippen LogP contribution in [0.3, 0.4) is 0 Å². The van der Waals surface area contributed by atoms with E-state index in [0.29, 0.717) is 0 Å². The number of alkyl halides is 2. The first-order valence-corrected chi connectivity index (χ1v) is 9.40. The molecule has 0 unspecified atom stereocenters. The van der Waals surface area contributed by atoms with Crippen molar-refractivity contribution in [3.8, 4) is 11.5 Å². The van der Waals surface area contributed by atoms with Crippen molar-refractivity contribution >= 4 is 17.6 Å². The molecule has 1 heterocycles. The molecule has 1 aromatic heterocycles. The average molecular weight is 455 g/mol. The second kappa shape index (κ2) is 10.1. The molecule has 0 atom stereocenters. The zero-order valence-electron chi connectivity index (χ0n) is 17.9. The monoisotopic (exact) mass is 455 g/mol. The van der Waals surface area contributed by atoms with Gasteiger partial charge in [-0.25, -0.2) is 9.59 Å². The van der Waals surface area contributed by atoms with Crippen molar-refractivity contribution in [3.05, 3.63) is 50.2 Å². The topological polar surface area (TPSA) is 132 Å². The van der Waals surface area contributed by atoms with E-state index in [1.807, 2.05) is 13.8 Å². The predicted molar refractivity (Wildman–Crippen MR) is 109 cm³/mol. The van der Waals surface area contributed by atoms with E-state index in [9.17, 15) is 28.0 Å². The minimum atomic E-state index is -3.09. The van der Waals surface area contributed by atoms with Crippen molar-refractivity contribution in [2.75, 3.05) is 19.5 Å². The summed E-state index contributed by atoms with van der Waals surface area (Å²) in [7, 11) is 2.40. The molecule has 32 heavy (non-hydrogen) atoms. The highest BCUT2D eigenvalue weighted by molar-refractivity contribution is 6.02. The number of hydrogen-bond donors (Lipinski definition) is 1. The van der Waals surface area contributed by atoms with Gasteiger partial charge in [0, 0.05) is 13.6 Å². The maximum absolute atomic E-state index is 12.6. The smallest absolute Gasteiger partial charge is 0.387 e. The summed E-state index contributed by atoms with van der Waals surface area (Å²) in [5, 5.41) is 0. The van der Waals surface area contributed by atoms with Crippen LogP contribution in [0.5, 0.6) is 11.5 Å². The first kappa shape index (κ1) is 24.6. The second-order valence-corrected chi connectivity index (χ2v) is 7.15. The van der Waals surface area contributed by atoms with E-state index >= 15 is 0 Å². The Bertz CT molecular complexity index is 1140. The van der Waals surface area contributed by atoms with Gasteiger partial charge in [-0.15, -0.1) is 0 Å². The third kappa shape index (κ3) is 5.31. The number of nitrogens with zero attached hydrogens (tertiary/aromatic N) is 2. The molecule has 0 fully saturated rings. The Morgan fingerprint density at radius 2 is 1.81 bits per heavy atom. The van der Waals surface area contributed by atoms with Gasteiger partial charge in [-0.2, -0.15) is 8.78 Å². The maximum Gasteiger partial charge on any atom is 0.387 e. The lowest BCUT2D eigenvalue weighted by Crippen LogP contribution is -2.43. The van der Waals surface area contributed by atoms with E-state index in [4.69, 9.17) is 15.2 Å². The van der Waals surface area contributed by atoms with Gasteiger partial charge in [-0.05, 0) is 24.1 Å². The number of benzene rings is 1. The Labute approximate surface area is 181 Å². The Hall–Kier alpha value is -3.70. The number of aromatic nitrogens is 2. The normalized spacial score (nSPS) is 11.0. The van der Waals surface area contributed by atoms with Gasteiger partial charge in [-0.3, -0.25) is 18.7 Å². The number of ketones is 1. The number of hydrogen-bond acceptors (Lipinski definition) is 8. The number of Topliss-reactive ketones (excluding diaryl/α,β-unsaturated/α-hetero) is 1. The van der Waals surface area contributed by atoms with Crippen LogP contribution in [-0.4, -0.2) is 41.2 Å². The Morgan fingerprint density at radius 1 is 1.16 bits per heavy atom. The van der Waals surface area contributed by atoms with Gasteiger partial charge in [-0.1, -0.05) is 13.8 Å². The SMILES string of the molecule is COc1cc(C(=O)OCC(=O)c2c(N)n(CC(C)C)c(=O)n(C)c2=O)ccc1OC(F)F. The molecule has 1 aromatic carbocycles. The van der Waals surface area contributed by atoms with Crippen molar-refractivity contribution in [2.24, 2.45) is 13.0 Å². The zero-order chi connectivity index (χ0) is 24.2. The predicted octanol–water partition coefficient (Wildman–Crippen LogP) is 1.43. The van der Waals surface area contributed by atoms with Gasteiger partial charge < -0.3 is 19.9 Å². The summed E-state index contributed by atoms with van der Waals surface area (Å²) < 4.78 is 40.8. The minimum Gasteiger partial charge on any atom is -0.493 e. The first-order valence-electron chi connectivity index (χ1n) is 9.40. The minimum absolute atomic E-state index is 0.000263. The van der Waals surface area contributed by atoms with Gasteiger partial charge >= 0.3 is 18.3 Å². The molecule has 0 bridgehead atoms. The molecule has 0 saturated carbocycles. The molecule has 0 aliphatic carbocycles. The molecule has 0 aliphatic heterocycles. The molecular formula is C20H23F2N3O7. The van der Waals surface area contributed by atoms with Crippen LogP contribution in [0.1, 0.15) is 34.6 Å². The van der Waals surface area contributed by atoms with Crippen LogP contribution in [-0.2, 0) is 18.3 Å². The fraction of sp³-hybridized carbons (Fsp3) is 0.400. The van der Waals surface area contributed by atoms with Gasteiger partial charge in [0.2, 0.25) is 5.78 Å². The second-order valence-electron chi connectivity index (χ2n) is 7.15. The highest BCUT2D eigenvalue weighted by atomic mass is 19.3. The summed E-state index contributed by atoms with van der Waals surface area (Å²) in [5.41, 5.74) is 3.74. The fourth-order valence-electron chi connectivity index (χ4n) is 2.86. The van der Waals surface area contributed by atoms with Crippen molar-refractivity contribution < 1.29 is 32.6 Å². The number of nitrogen functional groups attached to an aromatic ring is 1. The van der Waals surface area contributed by atoms with Crippen LogP contribution < -0.4 is 26.5 Å². The highest BCUT2D eigenvalue weighted by Crippen LogP contribution is 2.29. The summed E-state index contributed by atoms with van der Waals surface area (Å²) in [6, 6.07) is 3.32. The number of halogens is 2. The largest absolute Gasteiger partial charge is 0.493 e. The van der Waals surface area contributed by atoms with Crippen LogP contribution in [0, 0.1) is 5.92 Å². The number of methoxy groups -OCH3 is 1. The van der Waals surface area contributed by atoms with Gasteiger partial charge in [0.25, 0.3) is 5.56 Å². The van der Waals surface area contributed by atoms with Gasteiger partial charge in [0.1, 0.15) is 11.4 Å². The van der Waals surface area contributed by atoms with Crippen LogP contribution in [0.25, 0.3) is 0 Å². The van der Waals surface area contributed by atoms with Crippen LogP contribution in [0.2, 0.25) is 0 Å². The fourth-order valence-corrected chi connectivity index (χ4v) is 2.86. The number of ether oxygens (including phenoxy) is 3. The Kier molecular flexibility index (Phi) is 7.73. The summed E-state index contributed by atoms with van der Waals surface area (Å²) in [5.74, 6) is -2.64. The molecule has 0 saturated heterocycles. The lowest BCUT2D eigenvalue weighted by molar-refractivity contribution is -0.0512. The van der Waals surface area contributed by atoms with E-state index in [0.717, 1.165) is 27.3 Å². The molecule has 10 nitrogen and oxygen atoms in total. The lowest BCUT2D eigenvalue weighted by atomic mass is 10.1. The first-order chi connectivity index (χ1) is 15.0. The number of carbonyl (C=O) groups is 2. The quantitative estimate of drug-likeness (QED) is 0.444. The van der Waals surface area contributed by atoms with Crippen molar-refractivity contribution in [2.45, 2.75) is 27.0 Å². The molecule has 2 aromatic rings. The van der Waals surface area contributed by atoms with E-state index in [1.165, 1.54) is 14.2 Å². The lowest BCUT2D eigenvalue weighted by Gasteiger charge is -2.16. The van der Waals surface area contributed by atoms with Gasteiger partial charge in [0.15, 0.2) is 18.1 Å². The standard InChI is InChI=1S/C20H23F2N3O7/c1-10(2)8-25-16(23)15(17(27)24(3)20(25)29)12(26)9-31-18(28)11-5-6-13(32-19(21)22)14(7-11)30-4/h5-7,10,19H,8-9,23H2,1-4H3. The molecule has 0 spiro atoms. The van der Waals surface area contributed by atoms with E-state index < -0.39 is 41.8 Å². The molecule has 12 heteroatoms. The van der Waals surface area contributed by atoms with Crippen LogP contribution >= 0.6 is 0 Å². The Morgan fingerprint density at radius 3 is 2.38 bits per heavy atom. The molecule has 174 valence electrons. The van der Waals surface area contributed by atoms with E-state index in [-0.39, 0.29) is 35.3 Å². The van der Waals surface area contributed by atoms with Crippen molar-refractivity contribution in [1.82, 2.24) is 9.13 Å². The number of anilines is 1. The zero-order valence-corrected chi connectivity index (χ0v) is 17.9. The van der Waals surface area contributed by atoms with Crippen molar-refractivity contribution in [3.63, 3.8) is 0 Å². The highest BCUT2D eigenvalue weighted by Gasteiger charge is 2.23. The maximum atomic E-state index is 12.6. The summed E-state index contributed by atoms with van der Waals surface area (Å²) >= 11 is 0. The molecular weight excluding hydrogens is 432 g/mol. The number of carbonyl (C=O) groups excluding carboxylic acids is 2. The summed E-state index contributed by atoms with van der Waals surface area (Å²) in [6.07, 6.45) is 0. The Balaban J connectivity index is 2.26. The summed E-state index contributed by atoms with van der Waals surface area (Å²) in [4.78, 5) is 49.6. The third-order valence-electron chi connectivity index (χ3n) is 4.36. The summed E-state index contributed by atoms with van der Waals surface area (Å²) in [6.45, 7) is -0.105. The van der Waals surface area contributed by atoms with Crippen LogP contribution in [0.15, 0.2) is 27.8 Å². The number of esters is 1. The molecule has 0 amide bonds.